The average molecular weight is 324 g/mol. The van der Waals surface area contributed by atoms with Gasteiger partial charge >= 0.3 is 6.03 Å². The Hall–Kier alpha value is -1.26. The molecule has 1 aliphatic rings. The number of nitrogens with zero attached hydrogens (tertiary/aromatic N) is 1. The average Bonchev–Trinajstić information content (AvgIpc) is 2.52. The first kappa shape index (κ1) is 17.1. The Balaban J connectivity index is 1.64. The molecule has 1 aromatic rings. The zero-order chi connectivity index (χ0) is 15.8. The molecule has 1 atom stereocenters. The standard InChI is InChI=1S/C17H26ClN3O/c1-2-16-9-3-4-11-21(16)12-6-10-19-17(22)20-15-8-5-7-14(18)13-15/h5,7-8,13,16H,2-4,6,9-12H2,1H3,(H2,19,20,22). The summed E-state index contributed by atoms with van der Waals surface area (Å²) in [4.78, 5) is 14.4. The van der Waals surface area contributed by atoms with Crippen LogP contribution < -0.4 is 10.6 Å². The molecular formula is C17H26ClN3O. The highest BCUT2D eigenvalue weighted by molar-refractivity contribution is 6.30. The van der Waals surface area contributed by atoms with E-state index in [1.54, 1.807) is 12.1 Å². The van der Waals surface area contributed by atoms with Gasteiger partial charge in [0, 0.05) is 29.8 Å². The molecular weight excluding hydrogens is 298 g/mol. The number of halogens is 1. The van der Waals surface area contributed by atoms with Gasteiger partial charge in [0.05, 0.1) is 0 Å². The summed E-state index contributed by atoms with van der Waals surface area (Å²) in [7, 11) is 0. The smallest absolute Gasteiger partial charge is 0.319 e. The number of likely N-dealkylation sites (tertiary alicyclic amines) is 1. The van der Waals surface area contributed by atoms with Gasteiger partial charge in [-0.2, -0.15) is 0 Å². The SMILES string of the molecule is CCC1CCCCN1CCCNC(=O)Nc1cccc(Cl)c1. The zero-order valence-corrected chi connectivity index (χ0v) is 14.0. The second-order valence-corrected chi connectivity index (χ2v) is 6.28. The van der Waals surface area contributed by atoms with E-state index >= 15 is 0 Å². The molecule has 0 saturated carbocycles. The fourth-order valence-electron chi connectivity index (χ4n) is 3.04. The van der Waals surface area contributed by atoms with Crippen molar-refractivity contribution in [3.8, 4) is 0 Å². The Kier molecular flexibility index (Phi) is 7.00. The molecule has 1 heterocycles. The topological polar surface area (TPSA) is 44.4 Å². The van der Waals surface area contributed by atoms with Gasteiger partial charge in [-0.3, -0.25) is 0 Å². The van der Waals surface area contributed by atoms with Crippen molar-refractivity contribution < 1.29 is 4.79 Å². The molecule has 122 valence electrons. The summed E-state index contributed by atoms with van der Waals surface area (Å²) in [6, 6.07) is 7.72. The Morgan fingerprint density at radius 2 is 2.27 bits per heavy atom. The van der Waals surface area contributed by atoms with Gasteiger partial charge in [-0.1, -0.05) is 31.0 Å². The monoisotopic (exact) mass is 323 g/mol. The van der Waals surface area contributed by atoms with Crippen LogP contribution in [0.15, 0.2) is 24.3 Å². The van der Waals surface area contributed by atoms with Crippen molar-refractivity contribution in [3.63, 3.8) is 0 Å². The summed E-state index contributed by atoms with van der Waals surface area (Å²) in [5.74, 6) is 0. The lowest BCUT2D eigenvalue weighted by molar-refractivity contribution is 0.142. The van der Waals surface area contributed by atoms with Crippen molar-refractivity contribution in [2.75, 3.05) is 25.0 Å². The fourth-order valence-corrected chi connectivity index (χ4v) is 3.23. The van der Waals surface area contributed by atoms with Gasteiger partial charge in [0.15, 0.2) is 0 Å². The van der Waals surface area contributed by atoms with Crippen LogP contribution in [-0.2, 0) is 0 Å². The molecule has 1 aromatic carbocycles. The minimum Gasteiger partial charge on any atom is -0.338 e. The van der Waals surface area contributed by atoms with E-state index in [9.17, 15) is 4.79 Å². The molecule has 1 fully saturated rings. The number of urea groups is 1. The van der Waals surface area contributed by atoms with E-state index in [1.165, 1.54) is 32.2 Å². The molecule has 0 aliphatic carbocycles. The molecule has 1 saturated heterocycles. The predicted molar refractivity (Wildman–Crippen MR) is 92.6 cm³/mol. The first-order chi connectivity index (χ1) is 10.7. The summed E-state index contributed by atoms with van der Waals surface area (Å²) < 4.78 is 0. The quantitative estimate of drug-likeness (QED) is 0.774. The lowest BCUT2D eigenvalue weighted by atomic mass is 10.00. The van der Waals surface area contributed by atoms with Gasteiger partial charge in [-0.05, 0) is 50.4 Å². The maximum atomic E-state index is 11.8. The number of rotatable bonds is 6. The van der Waals surface area contributed by atoms with Crippen molar-refractivity contribution >= 4 is 23.3 Å². The second-order valence-electron chi connectivity index (χ2n) is 5.84. The third-order valence-electron chi connectivity index (χ3n) is 4.21. The van der Waals surface area contributed by atoms with E-state index in [4.69, 9.17) is 11.6 Å². The zero-order valence-electron chi connectivity index (χ0n) is 13.3. The van der Waals surface area contributed by atoms with Crippen molar-refractivity contribution in [2.24, 2.45) is 0 Å². The van der Waals surface area contributed by atoms with Crippen molar-refractivity contribution in [1.82, 2.24) is 10.2 Å². The van der Waals surface area contributed by atoms with Crippen LogP contribution in [0.25, 0.3) is 0 Å². The molecule has 22 heavy (non-hydrogen) atoms. The Morgan fingerprint density at radius 1 is 1.41 bits per heavy atom. The number of benzene rings is 1. The summed E-state index contributed by atoms with van der Waals surface area (Å²) in [5, 5.41) is 6.32. The van der Waals surface area contributed by atoms with Crippen molar-refractivity contribution in [1.29, 1.82) is 0 Å². The normalized spacial score (nSPS) is 18.9. The maximum absolute atomic E-state index is 11.8. The highest BCUT2D eigenvalue weighted by atomic mass is 35.5. The van der Waals surface area contributed by atoms with Gasteiger partial charge in [0.2, 0.25) is 0 Å². The molecule has 2 rings (SSSR count). The number of anilines is 1. The van der Waals surface area contributed by atoms with Crippen LogP contribution in [0, 0.1) is 0 Å². The summed E-state index contributed by atoms with van der Waals surface area (Å²) >= 11 is 5.89. The van der Waals surface area contributed by atoms with E-state index in [0.717, 1.165) is 19.0 Å². The maximum Gasteiger partial charge on any atom is 0.319 e. The van der Waals surface area contributed by atoms with E-state index < -0.39 is 0 Å². The number of piperidine rings is 1. The third-order valence-corrected chi connectivity index (χ3v) is 4.45. The van der Waals surface area contributed by atoms with Crippen LogP contribution in [0.2, 0.25) is 5.02 Å². The lowest BCUT2D eigenvalue weighted by Crippen LogP contribution is -2.41. The van der Waals surface area contributed by atoms with Crippen LogP contribution in [0.4, 0.5) is 10.5 Å². The number of hydrogen-bond donors (Lipinski definition) is 2. The van der Waals surface area contributed by atoms with Crippen molar-refractivity contribution in [3.05, 3.63) is 29.3 Å². The second kappa shape index (κ2) is 9.01. The summed E-state index contributed by atoms with van der Waals surface area (Å²) in [6.07, 6.45) is 6.19. The summed E-state index contributed by atoms with van der Waals surface area (Å²) in [5.41, 5.74) is 0.715. The number of nitrogens with one attached hydrogen (secondary N) is 2. The predicted octanol–water partition coefficient (Wildman–Crippen LogP) is 4.12. The first-order valence-corrected chi connectivity index (χ1v) is 8.61. The lowest BCUT2D eigenvalue weighted by Gasteiger charge is -2.35. The van der Waals surface area contributed by atoms with Gasteiger partial charge < -0.3 is 15.5 Å². The molecule has 0 spiro atoms. The molecule has 0 radical (unpaired) electrons. The first-order valence-electron chi connectivity index (χ1n) is 8.23. The van der Waals surface area contributed by atoms with Crippen molar-refractivity contribution in [2.45, 2.75) is 45.1 Å². The van der Waals surface area contributed by atoms with E-state index in [0.29, 0.717) is 17.3 Å². The van der Waals surface area contributed by atoms with E-state index in [2.05, 4.69) is 22.5 Å². The van der Waals surface area contributed by atoms with E-state index in [1.807, 2.05) is 12.1 Å². The minimum absolute atomic E-state index is 0.173. The van der Waals surface area contributed by atoms with Gasteiger partial charge in [0.25, 0.3) is 0 Å². The Morgan fingerprint density at radius 3 is 3.05 bits per heavy atom. The highest BCUT2D eigenvalue weighted by Crippen LogP contribution is 2.19. The van der Waals surface area contributed by atoms with Crippen LogP contribution in [0.5, 0.6) is 0 Å². The third kappa shape index (κ3) is 5.50. The van der Waals surface area contributed by atoms with Gasteiger partial charge in [0.1, 0.15) is 0 Å². The largest absolute Gasteiger partial charge is 0.338 e. The molecule has 2 amide bonds. The fraction of sp³-hybridized carbons (Fsp3) is 0.588. The Bertz CT molecular complexity index is 481. The van der Waals surface area contributed by atoms with Crippen LogP contribution in [0.1, 0.15) is 39.0 Å². The number of amides is 2. The van der Waals surface area contributed by atoms with Crippen LogP contribution >= 0.6 is 11.6 Å². The molecule has 4 nitrogen and oxygen atoms in total. The van der Waals surface area contributed by atoms with Crippen LogP contribution in [0.3, 0.4) is 0 Å². The van der Waals surface area contributed by atoms with Gasteiger partial charge in [-0.15, -0.1) is 0 Å². The number of carbonyl (C=O) groups excluding carboxylic acids is 1. The molecule has 1 aliphatic heterocycles. The Labute approximate surface area is 138 Å². The molecule has 0 bridgehead atoms. The molecule has 2 N–H and O–H groups in total. The molecule has 1 unspecified atom stereocenters. The highest BCUT2D eigenvalue weighted by Gasteiger charge is 2.19. The molecule has 5 heteroatoms. The summed E-state index contributed by atoms with van der Waals surface area (Å²) in [6.45, 7) is 5.22. The molecule has 0 aromatic heterocycles. The number of carbonyl (C=O) groups is 1. The van der Waals surface area contributed by atoms with Crippen LogP contribution in [-0.4, -0.2) is 36.6 Å². The minimum atomic E-state index is -0.173. The van der Waals surface area contributed by atoms with Gasteiger partial charge in [-0.25, -0.2) is 4.79 Å². The number of hydrogen-bond acceptors (Lipinski definition) is 2. The van der Waals surface area contributed by atoms with E-state index in [-0.39, 0.29) is 6.03 Å².